The van der Waals surface area contributed by atoms with Gasteiger partial charge in [-0.05, 0) is 55.3 Å². The van der Waals surface area contributed by atoms with E-state index in [2.05, 4.69) is 10.0 Å². The zero-order valence-electron chi connectivity index (χ0n) is 15.6. The average Bonchev–Trinajstić information content (AvgIpc) is 2.70. The van der Waals surface area contributed by atoms with Gasteiger partial charge in [-0.25, -0.2) is 8.42 Å². The Bertz CT molecular complexity index is 939. The maximum atomic E-state index is 12.6. The van der Waals surface area contributed by atoms with Crippen molar-refractivity contribution in [2.45, 2.75) is 43.0 Å². The summed E-state index contributed by atoms with van der Waals surface area (Å²) in [7, 11) is -2.35. The summed E-state index contributed by atoms with van der Waals surface area (Å²) in [4.78, 5) is 12.6. The van der Waals surface area contributed by atoms with Crippen LogP contribution in [-0.4, -0.2) is 27.5 Å². The van der Waals surface area contributed by atoms with Crippen LogP contribution in [0.2, 0.25) is 5.02 Å². The Morgan fingerprint density at radius 1 is 1.07 bits per heavy atom. The first-order valence-corrected chi connectivity index (χ1v) is 11.0. The molecule has 0 bridgehead atoms. The molecule has 0 saturated heterocycles. The number of hydrogen-bond acceptors (Lipinski definition) is 4. The first-order valence-electron chi connectivity index (χ1n) is 9.16. The summed E-state index contributed by atoms with van der Waals surface area (Å²) >= 11 is 6.16. The monoisotopic (exact) mass is 422 g/mol. The normalized spacial score (nSPS) is 15.1. The summed E-state index contributed by atoms with van der Waals surface area (Å²) < 4.78 is 32.8. The van der Waals surface area contributed by atoms with Gasteiger partial charge in [-0.1, -0.05) is 30.9 Å². The molecule has 1 fully saturated rings. The summed E-state index contributed by atoms with van der Waals surface area (Å²) in [5, 5.41) is 3.23. The van der Waals surface area contributed by atoms with Gasteiger partial charge in [0.05, 0.1) is 22.7 Å². The highest BCUT2D eigenvalue weighted by molar-refractivity contribution is 7.92. The van der Waals surface area contributed by atoms with Gasteiger partial charge in [-0.3, -0.25) is 9.52 Å². The molecule has 0 unspecified atom stereocenters. The van der Waals surface area contributed by atoms with Crippen molar-refractivity contribution < 1.29 is 17.9 Å². The number of rotatable bonds is 6. The van der Waals surface area contributed by atoms with E-state index >= 15 is 0 Å². The lowest BCUT2D eigenvalue weighted by Crippen LogP contribution is -2.36. The van der Waals surface area contributed by atoms with Crippen LogP contribution in [0.25, 0.3) is 0 Å². The van der Waals surface area contributed by atoms with Crippen LogP contribution < -0.4 is 14.8 Å². The molecule has 1 aliphatic rings. The molecule has 0 aromatic heterocycles. The van der Waals surface area contributed by atoms with Crippen LogP contribution in [0, 0.1) is 0 Å². The standard InChI is InChI=1S/C20H23ClN2O4S/c1-27-16-8-10-17(11-9-16)28(25,26)23-19-13-14(7-12-18(19)21)20(24)22-15-5-3-2-4-6-15/h7-13,15,23H,2-6H2,1H3,(H,22,24). The molecule has 0 aliphatic heterocycles. The highest BCUT2D eigenvalue weighted by Crippen LogP contribution is 2.27. The summed E-state index contributed by atoms with van der Waals surface area (Å²) in [5.74, 6) is 0.326. The topological polar surface area (TPSA) is 84.5 Å². The minimum absolute atomic E-state index is 0.0708. The van der Waals surface area contributed by atoms with Crippen molar-refractivity contribution in [2.75, 3.05) is 11.8 Å². The highest BCUT2D eigenvalue weighted by atomic mass is 35.5. The third kappa shape index (κ3) is 4.97. The lowest BCUT2D eigenvalue weighted by molar-refractivity contribution is 0.0927. The van der Waals surface area contributed by atoms with E-state index in [9.17, 15) is 13.2 Å². The van der Waals surface area contributed by atoms with Crippen LogP contribution in [-0.2, 0) is 10.0 Å². The van der Waals surface area contributed by atoms with Gasteiger partial charge in [0.1, 0.15) is 5.75 Å². The van der Waals surface area contributed by atoms with E-state index in [1.807, 2.05) is 0 Å². The van der Waals surface area contributed by atoms with Crippen molar-refractivity contribution in [3.8, 4) is 5.75 Å². The van der Waals surface area contributed by atoms with Crippen LogP contribution in [0.1, 0.15) is 42.5 Å². The Balaban J connectivity index is 1.77. The molecule has 2 N–H and O–H groups in total. The fraction of sp³-hybridized carbons (Fsp3) is 0.350. The maximum absolute atomic E-state index is 12.6. The van der Waals surface area contributed by atoms with Gasteiger partial charge in [0, 0.05) is 11.6 Å². The van der Waals surface area contributed by atoms with Crippen molar-refractivity contribution in [1.82, 2.24) is 5.32 Å². The fourth-order valence-electron chi connectivity index (χ4n) is 3.22. The average molecular weight is 423 g/mol. The van der Waals surface area contributed by atoms with E-state index in [4.69, 9.17) is 16.3 Å². The second-order valence-corrected chi connectivity index (χ2v) is 8.87. The molecule has 0 spiro atoms. The number of nitrogens with one attached hydrogen (secondary N) is 2. The van der Waals surface area contributed by atoms with Crippen molar-refractivity contribution in [3.63, 3.8) is 0 Å². The Hall–Kier alpha value is -2.25. The number of halogens is 1. The number of hydrogen-bond donors (Lipinski definition) is 2. The van der Waals surface area contributed by atoms with Crippen molar-refractivity contribution >= 4 is 33.2 Å². The molecule has 8 heteroatoms. The molecule has 0 radical (unpaired) electrons. The number of anilines is 1. The predicted octanol–water partition coefficient (Wildman–Crippen LogP) is 4.21. The Kier molecular flexibility index (Phi) is 6.46. The van der Waals surface area contributed by atoms with E-state index in [0.29, 0.717) is 11.3 Å². The van der Waals surface area contributed by atoms with Gasteiger partial charge in [-0.2, -0.15) is 0 Å². The number of benzene rings is 2. The van der Waals surface area contributed by atoms with E-state index in [0.717, 1.165) is 25.7 Å². The first-order chi connectivity index (χ1) is 13.4. The van der Waals surface area contributed by atoms with Crippen LogP contribution >= 0.6 is 11.6 Å². The smallest absolute Gasteiger partial charge is 0.261 e. The van der Waals surface area contributed by atoms with E-state index in [1.54, 1.807) is 18.2 Å². The third-order valence-electron chi connectivity index (χ3n) is 4.78. The van der Waals surface area contributed by atoms with Crippen LogP contribution in [0.5, 0.6) is 5.75 Å². The van der Waals surface area contributed by atoms with Crippen molar-refractivity contribution in [3.05, 3.63) is 53.1 Å². The van der Waals surface area contributed by atoms with Crippen molar-refractivity contribution in [1.29, 1.82) is 0 Å². The molecule has 0 heterocycles. The Labute approximate surface area is 170 Å². The van der Waals surface area contributed by atoms with Crippen molar-refractivity contribution in [2.24, 2.45) is 0 Å². The molecule has 1 amide bonds. The summed E-state index contributed by atoms with van der Waals surface area (Å²) in [5.41, 5.74) is 0.524. The molecule has 1 aliphatic carbocycles. The Morgan fingerprint density at radius 2 is 1.75 bits per heavy atom. The number of carbonyl (C=O) groups is 1. The van der Waals surface area contributed by atoms with Gasteiger partial charge in [0.2, 0.25) is 0 Å². The summed E-state index contributed by atoms with van der Waals surface area (Å²) in [6.45, 7) is 0. The zero-order valence-corrected chi connectivity index (χ0v) is 17.1. The predicted molar refractivity (Wildman–Crippen MR) is 110 cm³/mol. The Morgan fingerprint density at radius 3 is 2.39 bits per heavy atom. The lowest BCUT2D eigenvalue weighted by Gasteiger charge is -2.23. The molecule has 2 aromatic rings. The minimum Gasteiger partial charge on any atom is -0.497 e. The first kappa shape index (κ1) is 20.5. The minimum atomic E-state index is -3.85. The molecule has 28 heavy (non-hydrogen) atoms. The number of methoxy groups -OCH3 is 1. The fourth-order valence-corrected chi connectivity index (χ4v) is 4.51. The summed E-state index contributed by atoms with van der Waals surface area (Å²) in [6, 6.07) is 10.7. The largest absolute Gasteiger partial charge is 0.497 e. The molecule has 1 saturated carbocycles. The zero-order chi connectivity index (χ0) is 20.1. The van der Waals surface area contributed by atoms with Crippen LogP contribution in [0.15, 0.2) is 47.4 Å². The van der Waals surface area contributed by atoms with Crippen LogP contribution in [0.3, 0.4) is 0 Å². The van der Waals surface area contributed by atoms with E-state index in [1.165, 1.54) is 37.8 Å². The second-order valence-electron chi connectivity index (χ2n) is 6.78. The number of ether oxygens (including phenoxy) is 1. The van der Waals surface area contributed by atoms with Gasteiger partial charge >= 0.3 is 0 Å². The number of carbonyl (C=O) groups excluding carboxylic acids is 1. The van der Waals surface area contributed by atoms with Gasteiger partial charge < -0.3 is 10.1 Å². The van der Waals surface area contributed by atoms with E-state index in [-0.39, 0.29) is 27.6 Å². The molecule has 3 rings (SSSR count). The lowest BCUT2D eigenvalue weighted by atomic mass is 9.95. The maximum Gasteiger partial charge on any atom is 0.261 e. The molecule has 2 aromatic carbocycles. The quantitative estimate of drug-likeness (QED) is 0.730. The van der Waals surface area contributed by atoms with Crippen LogP contribution in [0.4, 0.5) is 5.69 Å². The van der Waals surface area contributed by atoms with Gasteiger partial charge in [0.15, 0.2) is 0 Å². The highest BCUT2D eigenvalue weighted by Gasteiger charge is 2.20. The third-order valence-corrected chi connectivity index (χ3v) is 6.49. The molecule has 6 nitrogen and oxygen atoms in total. The molecular weight excluding hydrogens is 400 g/mol. The number of amides is 1. The SMILES string of the molecule is COc1ccc(S(=O)(=O)Nc2cc(C(=O)NC3CCCCC3)ccc2Cl)cc1. The molecular formula is C20H23ClN2O4S. The van der Waals surface area contributed by atoms with Gasteiger partial charge in [-0.15, -0.1) is 0 Å². The number of sulfonamides is 1. The molecule has 0 atom stereocenters. The van der Waals surface area contributed by atoms with Gasteiger partial charge in [0.25, 0.3) is 15.9 Å². The second kappa shape index (κ2) is 8.84. The summed E-state index contributed by atoms with van der Waals surface area (Å²) in [6.07, 6.45) is 5.36. The molecule has 150 valence electrons. The van der Waals surface area contributed by atoms with E-state index < -0.39 is 10.0 Å².